The molecule has 3 aliphatic rings. The van der Waals surface area contributed by atoms with Crippen molar-refractivity contribution in [1.82, 2.24) is 25.1 Å². The number of piperidine rings is 1. The van der Waals surface area contributed by atoms with Crippen LogP contribution in [0.2, 0.25) is 0 Å². The SMILES string of the molecule is COc1cc2nc(C3CCC(CN(C)CCCCNc4cccc5c4C(=O)N(C4CCC(=O)NC4=O)C5=O)CC3)sc2cc1NC(=O)c1cccc(C)n1. The summed E-state index contributed by atoms with van der Waals surface area (Å²) in [5, 5.41) is 9.68. The molecular weight excluding hydrogens is 707 g/mol. The van der Waals surface area contributed by atoms with Crippen LogP contribution in [0.5, 0.6) is 5.75 Å². The van der Waals surface area contributed by atoms with E-state index in [1.165, 1.54) is 0 Å². The van der Waals surface area contributed by atoms with Gasteiger partial charge in [-0.05, 0) is 102 Å². The average Bonchev–Trinajstić information content (AvgIpc) is 3.69. The number of methoxy groups -OCH3 is 1. The van der Waals surface area contributed by atoms with Gasteiger partial charge in [0.15, 0.2) is 0 Å². The van der Waals surface area contributed by atoms with Crippen LogP contribution in [-0.2, 0) is 9.59 Å². The number of thiazole rings is 1. The number of ether oxygens (including phenoxy) is 1. The maximum absolute atomic E-state index is 13.4. The van der Waals surface area contributed by atoms with Gasteiger partial charge in [-0.25, -0.2) is 9.97 Å². The summed E-state index contributed by atoms with van der Waals surface area (Å²) in [5.74, 6) is -0.696. The number of carbonyl (C=O) groups is 5. The molecule has 0 radical (unpaired) electrons. The molecule has 7 rings (SSSR count). The van der Waals surface area contributed by atoms with Crippen LogP contribution >= 0.6 is 11.3 Å². The Morgan fingerprint density at radius 2 is 1.78 bits per heavy atom. The van der Waals surface area contributed by atoms with E-state index in [4.69, 9.17) is 9.72 Å². The third-order valence-electron chi connectivity index (χ3n) is 10.6. The van der Waals surface area contributed by atoms with Crippen LogP contribution in [0.3, 0.4) is 0 Å². The molecular formula is C40H45N7O6S. The number of benzene rings is 2. The number of aromatic nitrogens is 2. The van der Waals surface area contributed by atoms with Crippen LogP contribution in [0.15, 0.2) is 48.5 Å². The van der Waals surface area contributed by atoms with Gasteiger partial charge in [-0.15, -0.1) is 11.3 Å². The number of pyridine rings is 1. The highest BCUT2D eigenvalue weighted by atomic mass is 32.1. The third-order valence-corrected chi connectivity index (χ3v) is 11.8. The number of hydrogen-bond acceptors (Lipinski definition) is 11. The van der Waals surface area contributed by atoms with Crippen LogP contribution in [0.1, 0.15) is 99.2 Å². The number of carbonyl (C=O) groups excluding carboxylic acids is 5. The molecule has 2 aromatic carbocycles. The van der Waals surface area contributed by atoms with E-state index in [-0.39, 0.29) is 29.9 Å². The number of aryl methyl sites for hydroxylation is 1. The Hall–Kier alpha value is -5.21. The van der Waals surface area contributed by atoms with Gasteiger partial charge in [0.05, 0.1) is 39.1 Å². The fraction of sp³-hybridized carbons (Fsp3) is 0.425. The Labute approximate surface area is 317 Å². The van der Waals surface area contributed by atoms with Gasteiger partial charge in [0.25, 0.3) is 17.7 Å². The summed E-state index contributed by atoms with van der Waals surface area (Å²) in [5.41, 5.74) is 3.76. The van der Waals surface area contributed by atoms with E-state index in [9.17, 15) is 24.0 Å². The first-order valence-electron chi connectivity index (χ1n) is 18.6. The number of imide groups is 2. The molecule has 2 aliphatic heterocycles. The largest absolute Gasteiger partial charge is 0.494 e. The van der Waals surface area contributed by atoms with E-state index < -0.39 is 29.7 Å². The number of fused-ring (bicyclic) bond motifs is 2. The molecule has 0 bridgehead atoms. The first-order valence-corrected chi connectivity index (χ1v) is 19.4. The Morgan fingerprint density at radius 1 is 0.981 bits per heavy atom. The molecule has 282 valence electrons. The second-order valence-corrected chi connectivity index (χ2v) is 15.5. The standard InChI is InChI=1S/C40H45N7O6S/c1-23-8-6-11-28(42-23)36(49)43-29-21-33-30(20-32(29)53-3)44-38(54-33)25-14-12-24(13-15-25)22-46(2)19-5-4-18-41-27-10-7-9-26-35(27)40(52)47(39(26)51)31-16-17-34(48)45-37(31)50/h6-11,20-21,24-25,31,41H,4-5,12-19,22H2,1-3H3,(H,43,49)(H,45,48,50). The minimum absolute atomic E-state index is 0.0878. The van der Waals surface area contributed by atoms with Crippen molar-refractivity contribution in [3.63, 3.8) is 0 Å². The second-order valence-electron chi connectivity index (χ2n) is 14.5. The minimum atomic E-state index is -0.982. The zero-order valence-electron chi connectivity index (χ0n) is 30.8. The third kappa shape index (κ3) is 7.85. The lowest BCUT2D eigenvalue weighted by atomic mass is 9.82. The normalized spacial score (nSPS) is 20.0. The Kier molecular flexibility index (Phi) is 11.0. The fourth-order valence-corrected chi connectivity index (χ4v) is 8.94. The molecule has 5 amide bonds. The number of anilines is 2. The second kappa shape index (κ2) is 16.0. The fourth-order valence-electron chi connectivity index (χ4n) is 7.79. The maximum Gasteiger partial charge on any atom is 0.274 e. The molecule has 1 unspecified atom stereocenters. The van der Waals surface area contributed by atoms with E-state index >= 15 is 0 Å². The molecule has 4 aromatic rings. The lowest BCUT2D eigenvalue weighted by molar-refractivity contribution is -0.136. The summed E-state index contributed by atoms with van der Waals surface area (Å²) >= 11 is 1.69. The molecule has 1 saturated heterocycles. The quantitative estimate of drug-likeness (QED) is 0.113. The van der Waals surface area contributed by atoms with Crippen molar-refractivity contribution < 1.29 is 28.7 Å². The monoisotopic (exact) mass is 751 g/mol. The zero-order valence-corrected chi connectivity index (χ0v) is 31.6. The molecule has 54 heavy (non-hydrogen) atoms. The van der Waals surface area contributed by atoms with Crippen LogP contribution < -0.4 is 20.7 Å². The van der Waals surface area contributed by atoms with Gasteiger partial charge in [-0.3, -0.25) is 34.2 Å². The Bertz CT molecular complexity index is 2110. The first-order chi connectivity index (χ1) is 26.1. The molecule has 2 aromatic heterocycles. The number of unbranched alkanes of at least 4 members (excludes halogenated alkanes) is 1. The van der Waals surface area contributed by atoms with Gasteiger partial charge in [0.1, 0.15) is 17.5 Å². The summed E-state index contributed by atoms with van der Waals surface area (Å²) in [6, 6.07) is 13.4. The van der Waals surface area contributed by atoms with E-state index in [2.05, 4.69) is 32.9 Å². The van der Waals surface area contributed by atoms with Crippen LogP contribution in [0.25, 0.3) is 10.2 Å². The minimum Gasteiger partial charge on any atom is -0.494 e. The van der Waals surface area contributed by atoms with Crippen LogP contribution in [0.4, 0.5) is 11.4 Å². The lowest BCUT2D eigenvalue weighted by Gasteiger charge is -2.30. The van der Waals surface area contributed by atoms with Gasteiger partial charge in [-0.1, -0.05) is 12.1 Å². The number of rotatable bonds is 13. The predicted molar refractivity (Wildman–Crippen MR) is 206 cm³/mol. The molecule has 1 aliphatic carbocycles. The van der Waals surface area contributed by atoms with Crippen molar-refractivity contribution in [3.05, 3.63) is 76.1 Å². The van der Waals surface area contributed by atoms with Crippen molar-refractivity contribution in [3.8, 4) is 5.75 Å². The molecule has 1 atom stereocenters. The van der Waals surface area contributed by atoms with Gasteiger partial charge in [-0.2, -0.15) is 0 Å². The maximum atomic E-state index is 13.4. The van der Waals surface area contributed by atoms with Crippen LogP contribution in [0, 0.1) is 12.8 Å². The zero-order chi connectivity index (χ0) is 37.9. The number of nitrogens with one attached hydrogen (secondary N) is 3. The molecule has 13 nitrogen and oxygen atoms in total. The Balaban J connectivity index is 0.859. The van der Waals surface area contributed by atoms with E-state index in [0.29, 0.717) is 41.2 Å². The van der Waals surface area contributed by atoms with E-state index in [1.807, 2.05) is 31.2 Å². The molecule has 2 fully saturated rings. The van der Waals surface area contributed by atoms with E-state index in [1.54, 1.807) is 42.7 Å². The smallest absolute Gasteiger partial charge is 0.274 e. The predicted octanol–water partition coefficient (Wildman–Crippen LogP) is 5.76. The first kappa shape index (κ1) is 37.1. The summed E-state index contributed by atoms with van der Waals surface area (Å²) in [6.07, 6.45) is 6.54. The summed E-state index contributed by atoms with van der Waals surface area (Å²) in [4.78, 5) is 76.1. The van der Waals surface area contributed by atoms with Crippen molar-refractivity contribution in [2.75, 3.05) is 44.4 Å². The number of nitrogens with zero attached hydrogens (tertiary/aromatic N) is 4. The summed E-state index contributed by atoms with van der Waals surface area (Å²) in [6.45, 7) is 4.48. The average molecular weight is 752 g/mol. The van der Waals surface area contributed by atoms with E-state index in [0.717, 1.165) is 77.4 Å². The van der Waals surface area contributed by atoms with Gasteiger partial charge >= 0.3 is 0 Å². The Morgan fingerprint density at radius 3 is 2.54 bits per heavy atom. The highest BCUT2D eigenvalue weighted by Gasteiger charge is 2.45. The van der Waals surface area contributed by atoms with Crippen molar-refractivity contribution in [1.29, 1.82) is 0 Å². The van der Waals surface area contributed by atoms with Crippen molar-refractivity contribution in [2.45, 2.75) is 70.3 Å². The van der Waals surface area contributed by atoms with Crippen LogP contribution in [-0.4, -0.2) is 89.1 Å². The summed E-state index contributed by atoms with van der Waals surface area (Å²) in [7, 11) is 3.76. The molecule has 14 heteroatoms. The molecule has 0 spiro atoms. The van der Waals surface area contributed by atoms with Gasteiger partial charge < -0.3 is 20.3 Å². The van der Waals surface area contributed by atoms with Gasteiger partial charge in [0, 0.05) is 42.9 Å². The number of amides is 5. The molecule has 1 saturated carbocycles. The number of hydrogen-bond donors (Lipinski definition) is 3. The highest BCUT2D eigenvalue weighted by molar-refractivity contribution is 7.18. The highest BCUT2D eigenvalue weighted by Crippen LogP contribution is 2.41. The summed E-state index contributed by atoms with van der Waals surface area (Å²) < 4.78 is 6.62. The molecule has 3 N–H and O–H groups in total. The van der Waals surface area contributed by atoms with Crippen molar-refractivity contribution in [2.24, 2.45) is 5.92 Å². The van der Waals surface area contributed by atoms with Crippen molar-refractivity contribution >= 4 is 62.5 Å². The lowest BCUT2D eigenvalue weighted by Crippen LogP contribution is -2.54. The molecule has 4 heterocycles. The van der Waals surface area contributed by atoms with Gasteiger partial charge in [0.2, 0.25) is 11.8 Å². The topological polar surface area (TPSA) is 163 Å².